The molecular formula is C8H11ClN2O3. The smallest absolute Gasteiger partial charge is 0.266 e. The molecular weight excluding hydrogens is 208 g/mol. The number of aliphatic hydroxyl groups excluding tert-OH is 2. The number of halogens is 1. The number of nitrogens with two attached hydrogens (primary N) is 1. The van der Waals surface area contributed by atoms with Crippen molar-refractivity contribution in [1.29, 1.82) is 0 Å². The van der Waals surface area contributed by atoms with E-state index in [1.807, 2.05) is 0 Å². The van der Waals surface area contributed by atoms with E-state index in [4.69, 9.17) is 17.3 Å². The van der Waals surface area contributed by atoms with Gasteiger partial charge in [-0.05, 0) is 6.07 Å². The molecule has 6 heteroatoms. The van der Waals surface area contributed by atoms with Crippen LogP contribution in [0.1, 0.15) is 11.7 Å². The number of aromatic amines is 1. The summed E-state index contributed by atoms with van der Waals surface area (Å²) in [5.41, 5.74) is 5.05. The molecule has 1 heterocycles. The highest BCUT2D eigenvalue weighted by atomic mass is 35.5. The number of pyridine rings is 1. The first kappa shape index (κ1) is 11.2. The highest BCUT2D eigenvalue weighted by molar-refractivity contribution is 6.30. The second-order valence-corrected chi connectivity index (χ2v) is 3.27. The van der Waals surface area contributed by atoms with Gasteiger partial charge in [0.25, 0.3) is 5.56 Å². The van der Waals surface area contributed by atoms with Gasteiger partial charge in [-0.3, -0.25) is 4.79 Å². The Morgan fingerprint density at radius 1 is 1.57 bits per heavy atom. The molecule has 1 rings (SSSR count). The van der Waals surface area contributed by atoms with Crippen LogP contribution in [0.2, 0.25) is 5.02 Å². The molecule has 1 aromatic heterocycles. The summed E-state index contributed by atoms with van der Waals surface area (Å²) in [6.07, 6.45) is -0.927. The molecule has 78 valence electrons. The van der Waals surface area contributed by atoms with Gasteiger partial charge < -0.3 is 20.9 Å². The van der Waals surface area contributed by atoms with Crippen molar-refractivity contribution in [2.75, 3.05) is 6.54 Å². The second kappa shape index (κ2) is 4.56. The van der Waals surface area contributed by atoms with Crippen LogP contribution in [0.4, 0.5) is 0 Å². The first-order chi connectivity index (χ1) is 6.56. The van der Waals surface area contributed by atoms with Crippen molar-refractivity contribution in [2.45, 2.75) is 12.2 Å². The van der Waals surface area contributed by atoms with Crippen LogP contribution in [0.3, 0.4) is 0 Å². The van der Waals surface area contributed by atoms with Crippen LogP contribution >= 0.6 is 11.6 Å². The minimum Gasteiger partial charge on any atom is -0.389 e. The summed E-state index contributed by atoms with van der Waals surface area (Å²) >= 11 is 5.54. The molecule has 0 aromatic carbocycles. The number of H-pyrrole nitrogens is 1. The average molecular weight is 219 g/mol. The van der Waals surface area contributed by atoms with Crippen molar-refractivity contribution < 1.29 is 10.2 Å². The molecule has 14 heavy (non-hydrogen) atoms. The maximum absolute atomic E-state index is 10.9. The Balaban J connectivity index is 2.96. The van der Waals surface area contributed by atoms with Gasteiger partial charge in [0.2, 0.25) is 0 Å². The Hall–Kier alpha value is -0.880. The molecule has 0 bridgehead atoms. The summed E-state index contributed by atoms with van der Waals surface area (Å²) in [4.78, 5) is 13.2. The molecule has 0 saturated carbocycles. The van der Waals surface area contributed by atoms with E-state index < -0.39 is 17.8 Å². The predicted octanol–water partition coefficient (Wildman–Crippen LogP) is -0.619. The maximum atomic E-state index is 10.9. The van der Waals surface area contributed by atoms with Crippen LogP contribution in [0, 0.1) is 0 Å². The molecule has 0 spiro atoms. The molecule has 5 N–H and O–H groups in total. The van der Waals surface area contributed by atoms with Gasteiger partial charge in [0.1, 0.15) is 11.1 Å². The lowest BCUT2D eigenvalue weighted by atomic mass is 10.1. The first-order valence-electron chi connectivity index (χ1n) is 4.00. The van der Waals surface area contributed by atoms with E-state index in [9.17, 15) is 15.0 Å². The Morgan fingerprint density at radius 2 is 2.21 bits per heavy atom. The molecule has 0 saturated heterocycles. The van der Waals surface area contributed by atoms with E-state index in [2.05, 4.69) is 4.98 Å². The van der Waals surface area contributed by atoms with Crippen molar-refractivity contribution in [3.63, 3.8) is 0 Å². The van der Waals surface area contributed by atoms with Crippen LogP contribution < -0.4 is 11.3 Å². The first-order valence-corrected chi connectivity index (χ1v) is 4.38. The van der Waals surface area contributed by atoms with Crippen molar-refractivity contribution in [2.24, 2.45) is 5.73 Å². The summed E-state index contributed by atoms with van der Waals surface area (Å²) in [7, 11) is 0. The minimum atomic E-state index is -1.14. The number of aliphatic hydroxyl groups is 2. The summed E-state index contributed by atoms with van der Waals surface area (Å²) in [6.45, 7) is -0.0715. The average Bonchev–Trinajstić information content (AvgIpc) is 2.20. The van der Waals surface area contributed by atoms with E-state index in [0.29, 0.717) is 5.56 Å². The van der Waals surface area contributed by atoms with Gasteiger partial charge in [0, 0.05) is 18.3 Å². The van der Waals surface area contributed by atoms with Crippen molar-refractivity contribution >= 4 is 11.6 Å². The molecule has 2 atom stereocenters. The quantitative estimate of drug-likeness (QED) is 0.544. The minimum absolute atomic E-state index is 0.0363. The molecule has 5 nitrogen and oxygen atoms in total. The topological polar surface area (TPSA) is 99.3 Å². The van der Waals surface area contributed by atoms with Crippen molar-refractivity contribution in [3.05, 3.63) is 33.2 Å². The Kier molecular flexibility index (Phi) is 3.65. The largest absolute Gasteiger partial charge is 0.389 e. The lowest BCUT2D eigenvalue weighted by Gasteiger charge is -2.15. The Labute approximate surface area is 85.1 Å². The summed E-state index contributed by atoms with van der Waals surface area (Å²) in [5.74, 6) is 0. The highest BCUT2D eigenvalue weighted by Gasteiger charge is 2.17. The summed E-state index contributed by atoms with van der Waals surface area (Å²) < 4.78 is 0. The van der Waals surface area contributed by atoms with Gasteiger partial charge in [0.05, 0.1) is 6.10 Å². The molecule has 0 amide bonds. The predicted molar refractivity (Wildman–Crippen MR) is 52.1 cm³/mol. The van der Waals surface area contributed by atoms with E-state index in [0.717, 1.165) is 0 Å². The van der Waals surface area contributed by atoms with Crippen molar-refractivity contribution in [1.82, 2.24) is 4.98 Å². The molecule has 2 unspecified atom stereocenters. The number of hydrogen-bond donors (Lipinski definition) is 4. The van der Waals surface area contributed by atoms with Gasteiger partial charge in [-0.25, -0.2) is 0 Å². The highest BCUT2D eigenvalue weighted by Crippen LogP contribution is 2.16. The van der Waals surface area contributed by atoms with Gasteiger partial charge in [0.15, 0.2) is 0 Å². The van der Waals surface area contributed by atoms with Crippen LogP contribution in [-0.2, 0) is 0 Å². The number of rotatable bonds is 3. The fourth-order valence-corrected chi connectivity index (χ4v) is 1.17. The zero-order chi connectivity index (χ0) is 10.7. The van der Waals surface area contributed by atoms with Crippen molar-refractivity contribution in [3.8, 4) is 0 Å². The second-order valence-electron chi connectivity index (χ2n) is 2.86. The standard InChI is InChI=1S/C8H11ClN2O3/c9-5-1-4(3-11-8(5)14)7(13)6(12)2-10/h1,3,6-7,12-13H,2,10H2,(H,11,14). The van der Waals surface area contributed by atoms with Crippen LogP contribution in [-0.4, -0.2) is 27.8 Å². The normalized spacial score (nSPS) is 15.1. The zero-order valence-corrected chi connectivity index (χ0v) is 8.03. The van der Waals surface area contributed by atoms with Gasteiger partial charge in [-0.1, -0.05) is 11.6 Å². The third-order valence-corrected chi connectivity index (χ3v) is 2.11. The molecule has 0 aliphatic heterocycles. The number of aromatic nitrogens is 1. The van der Waals surface area contributed by atoms with Gasteiger partial charge in [-0.2, -0.15) is 0 Å². The Morgan fingerprint density at radius 3 is 2.71 bits per heavy atom. The zero-order valence-electron chi connectivity index (χ0n) is 7.27. The van der Waals surface area contributed by atoms with E-state index in [-0.39, 0.29) is 11.6 Å². The van der Waals surface area contributed by atoms with E-state index in [1.165, 1.54) is 12.3 Å². The molecule has 0 aliphatic carbocycles. The van der Waals surface area contributed by atoms with Crippen LogP contribution in [0.25, 0.3) is 0 Å². The summed E-state index contributed by atoms with van der Waals surface area (Å²) in [5, 5.41) is 18.7. The molecule has 0 fully saturated rings. The molecule has 0 radical (unpaired) electrons. The monoisotopic (exact) mass is 218 g/mol. The lowest BCUT2D eigenvalue weighted by Crippen LogP contribution is -2.27. The fourth-order valence-electron chi connectivity index (χ4n) is 0.993. The van der Waals surface area contributed by atoms with Crippen LogP contribution in [0.15, 0.2) is 17.1 Å². The van der Waals surface area contributed by atoms with Gasteiger partial charge >= 0.3 is 0 Å². The lowest BCUT2D eigenvalue weighted by molar-refractivity contribution is 0.0241. The summed E-state index contributed by atoms with van der Waals surface area (Å²) in [6, 6.07) is 1.30. The molecule has 1 aromatic rings. The third kappa shape index (κ3) is 2.33. The van der Waals surface area contributed by atoms with Crippen LogP contribution in [0.5, 0.6) is 0 Å². The van der Waals surface area contributed by atoms with E-state index >= 15 is 0 Å². The van der Waals surface area contributed by atoms with E-state index in [1.54, 1.807) is 0 Å². The maximum Gasteiger partial charge on any atom is 0.266 e. The third-order valence-electron chi connectivity index (χ3n) is 1.83. The number of hydrogen-bond acceptors (Lipinski definition) is 4. The SMILES string of the molecule is NCC(O)C(O)c1c[nH]c(=O)c(Cl)c1. The number of nitrogens with one attached hydrogen (secondary N) is 1. The molecule has 0 aliphatic rings. The Bertz CT molecular complexity index is 366. The fraction of sp³-hybridized carbons (Fsp3) is 0.375. The van der Waals surface area contributed by atoms with Gasteiger partial charge in [-0.15, -0.1) is 0 Å².